The summed E-state index contributed by atoms with van der Waals surface area (Å²) in [6.45, 7) is -0.475. The number of nitrogens with two attached hydrogens (primary N) is 2. The molecule has 51 heavy (non-hydrogen) atoms. The molecular formula is C28H38F3N11O9. The van der Waals surface area contributed by atoms with E-state index in [1.54, 1.807) is 30.3 Å². The van der Waals surface area contributed by atoms with Gasteiger partial charge in [-0.25, -0.2) is 4.79 Å². The van der Waals surface area contributed by atoms with Gasteiger partial charge in [0.2, 0.25) is 29.5 Å². The van der Waals surface area contributed by atoms with Crippen molar-refractivity contribution in [1.29, 1.82) is 0 Å². The van der Waals surface area contributed by atoms with Crippen LogP contribution in [0.25, 0.3) is 10.4 Å². The Morgan fingerprint density at radius 1 is 0.824 bits per heavy atom. The molecule has 0 aromatic heterocycles. The van der Waals surface area contributed by atoms with Crippen LogP contribution in [-0.4, -0.2) is 108 Å². The molecule has 1 aromatic carbocycles. The average molecular weight is 730 g/mol. The fraction of sp³-hybridized carbons (Fsp3) is 0.500. The topological polar surface area (TPSA) is 333 Å². The van der Waals surface area contributed by atoms with Gasteiger partial charge in [0.05, 0.1) is 13.0 Å². The van der Waals surface area contributed by atoms with Crippen LogP contribution in [0.2, 0.25) is 0 Å². The number of hydrogen-bond donors (Lipinski definition) is 9. The Balaban J connectivity index is 0.00000167. The molecule has 0 radical (unpaired) electrons. The minimum atomic E-state index is -5.08. The van der Waals surface area contributed by atoms with Crippen molar-refractivity contribution in [2.24, 2.45) is 21.6 Å². The Kier molecular flexibility index (Phi) is 18.3. The second kappa shape index (κ2) is 21.8. The second-order valence-electron chi connectivity index (χ2n) is 10.7. The average Bonchev–Trinajstić information content (AvgIpc) is 3.05. The molecule has 0 bridgehead atoms. The molecule has 0 saturated carbocycles. The number of aliphatic imine (C=N–C) groups is 1. The Labute approximate surface area is 287 Å². The molecule has 0 spiro atoms. The van der Waals surface area contributed by atoms with Crippen LogP contribution in [0.5, 0.6) is 0 Å². The smallest absolute Gasteiger partial charge is 0.481 e. The molecule has 0 unspecified atom stereocenters. The van der Waals surface area contributed by atoms with Gasteiger partial charge in [-0.05, 0) is 36.8 Å². The number of carbonyl (C=O) groups excluding carboxylic acids is 5. The highest BCUT2D eigenvalue weighted by Gasteiger charge is 2.38. The summed E-state index contributed by atoms with van der Waals surface area (Å²) in [5, 5.41) is 32.2. The van der Waals surface area contributed by atoms with Gasteiger partial charge in [0.1, 0.15) is 24.2 Å². The molecule has 4 atom stereocenters. The lowest BCUT2D eigenvalue weighted by Crippen LogP contribution is -2.58. The summed E-state index contributed by atoms with van der Waals surface area (Å²) in [6, 6.07) is 3.34. The molecule has 0 aliphatic carbocycles. The van der Waals surface area contributed by atoms with Crippen molar-refractivity contribution in [2.45, 2.75) is 68.9 Å². The van der Waals surface area contributed by atoms with Crippen LogP contribution in [-0.2, 0) is 40.0 Å². The van der Waals surface area contributed by atoms with Crippen molar-refractivity contribution in [1.82, 2.24) is 26.6 Å². The molecule has 1 aliphatic heterocycles. The summed E-state index contributed by atoms with van der Waals surface area (Å²) in [6.07, 6.45) is -5.42. The number of alkyl halides is 3. The first-order valence-electron chi connectivity index (χ1n) is 15.0. The maximum atomic E-state index is 13.6. The number of benzene rings is 1. The predicted octanol–water partition coefficient (Wildman–Crippen LogP) is -1.45. The van der Waals surface area contributed by atoms with Crippen LogP contribution in [0.15, 0.2) is 40.4 Å². The zero-order valence-electron chi connectivity index (χ0n) is 26.9. The monoisotopic (exact) mass is 729 g/mol. The van der Waals surface area contributed by atoms with Crippen molar-refractivity contribution in [3.8, 4) is 0 Å². The van der Waals surface area contributed by atoms with E-state index in [2.05, 4.69) is 41.6 Å². The lowest BCUT2D eigenvalue weighted by atomic mass is 10.0. The SMILES string of the molecule is O=C(O)C(F)(F)F.[N-]=[N+]=NCCC[C@@H]1NC(=O)[C@@H](Cc2ccccc2)NC(=O)[C@H](CC(=O)O)NC(=O)CNC(=O)[C@H](CCCN=C(N)N)NC1=O. The lowest BCUT2D eigenvalue weighted by molar-refractivity contribution is -0.192. The van der Waals surface area contributed by atoms with Gasteiger partial charge >= 0.3 is 18.1 Å². The molecule has 11 N–H and O–H groups in total. The van der Waals surface area contributed by atoms with Gasteiger partial charge in [-0.15, -0.1) is 0 Å². The maximum absolute atomic E-state index is 13.6. The normalized spacial score (nSPS) is 20.1. The summed E-state index contributed by atoms with van der Waals surface area (Å²) >= 11 is 0. The van der Waals surface area contributed by atoms with Gasteiger partial charge < -0.3 is 48.3 Å². The number of guanidine groups is 1. The Bertz CT molecular complexity index is 1470. The molecule has 23 heteroatoms. The van der Waals surface area contributed by atoms with Crippen molar-refractivity contribution in [3.05, 3.63) is 46.3 Å². The van der Waals surface area contributed by atoms with E-state index in [9.17, 15) is 47.0 Å². The van der Waals surface area contributed by atoms with Crippen LogP contribution < -0.4 is 38.1 Å². The largest absolute Gasteiger partial charge is 0.490 e. The van der Waals surface area contributed by atoms with Gasteiger partial charge in [0.25, 0.3) is 0 Å². The number of nitrogens with one attached hydrogen (secondary N) is 5. The standard InChI is InChI=1S/C26H37N11O7.C2HF3O2/c27-26(28)30-10-4-8-16-22(41)31-14-20(38)33-19(13-21(39)40)25(44)36-18(12-15-6-2-1-3-7-15)24(43)35-17(23(42)34-16)9-5-11-32-37-29;3-2(4,5)1(6)7/h1-3,6-7,16-19H,4-5,8-14H2,(H,31,41)(H,33,38)(H,34,42)(H,35,43)(H,36,44)(H,39,40)(H4,27,28,30);(H,6,7)/t16-,17-,18+,19-;/m0./s1. The Hall–Kier alpha value is -6.12. The highest BCUT2D eigenvalue weighted by atomic mass is 19.4. The van der Waals surface area contributed by atoms with Crippen LogP contribution in [0.4, 0.5) is 13.2 Å². The van der Waals surface area contributed by atoms with E-state index in [4.69, 9.17) is 26.9 Å². The predicted molar refractivity (Wildman–Crippen MR) is 170 cm³/mol. The van der Waals surface area contributed by atoms with E-state index >= 15 is 0 Å². The number of amides is 5. The minimum Gasteiger partial charge on any atom is -0.481 e. The summed E-state index contributed by atoms with van der Waals surface area (Å²) in [5.41, 5.74) is 19.9. The minimum absolute atomic E-state index is 0.00656. The van der Waals surface area contributed by atoms with Crippen LogP contribution in [0, 0.1) is 0 Å². The van der Waals surface area contributed by atoms with Crippen molar-refractivity contribution >= 4 is 47.4 Å². The van der Waals surface area contributed by atoms with E-state index in [0.29, 0.717) is 5.56 Å². The summed E-state index contributed by atoms with van der Waals surface area (Å²) in [7, 11) is 0. The molecule has 20 nitrogen and oxygen atoms in total. The molecule has 1 heterocycles. The van der Waals surface area contributed by atoms with Gasteiger partial charge in [-0.1, -0.05) is 35.4 Å². The molecule has 1 saturated heterocycles. The first kappa shape index (κ1) is 42.9. The van der Waals surface area contributed by atoms with E-state index < -0.39 is 84.8 Å². The van der Waals surface area contributed by atoms with Gasteiger partial charge in [0.15, 0.2) is 5.96 Å². The number of rotatable bonds is 12. The summed E-state index contributed by atoms with van der Waals surface area (Å²) < 4.78 is 31.7. The molecule has 1 fully saturated rings. The number of carboxylic acids is 2. The molecule has 2 rings (SSSR count). The van der Waals surface area contributed by atoms with E-state index in [1.807, 2.05) is 0 Å². The number of carbonyl (C=O) groups is 7. The van der Waals surface area contributed by atoms with E-state index in [0.717, 1.165) is 0 Å². The highest BCUT2D eigenvalue weighted by molar-refractivity contribution is 5.98. The number of azide groups is 1. The zero-order valence-corrected chi connectivity index (χ0v) is 26.9. The van der Waals surface area contributed by atoms with Crippen LogP contribution in [0.1, 0.15) is 37.7 Å². The number of nitrogens with zero attached hydrogens (tertiary/aromatic N) is 4. The van der Waals surface area contributed by atoms with E-state index in [-0.39, 0.29) is 51.2 Å². The van der Waals surface area contributed by atoms with Gasteiger partial charge in [-0.3, -0.25) is 33.8 Å². The third kappa shape index (κ3) is 17.7. The third-order valence-corrected chi connectivity index (χ3v) is 6.64. The van der Waals surface area contributed by atoms with Crippen molar-refractivity contribution in [2.75, 3.05) is 19.6 Å². The Morgan fingerprint density at radius 2 is 1.33 bits per heavy atom. The van der Waals surface area contributed by atoms with Gasteiger partial charge in [0, 0.05) is 24.4 Å². The molecular weight excluding hydrogens is 691 g/mol. The van der Waals surface area contributed by atoms with Crippen LogP contribution >= 0.6 is 0 Å². The number of carboxylic acid groups (broad SMARTS) is 2. The molecule has 1 aliphatic rings. The van der Waals surface area contributed by atoms with E-state index in [1.165, 1.54) is 0 Å². The second-order valence-corrected chi connectivity index (χ2v) is 10.7. The molecule has 280 valence electrons. The number of hydrogen-bond acceptors (Lipinski definition) is 9. The highest BCUT2D eigenvalue weighted by Crippen LogP contribution is 2.13. The Morgan fingerprint density at radius 3 is 1.86 bits per heavy atom. The zero-order chi connectivity index (χ0) is 38.6. The quantitative estimate of drug-likeness (QED) is 0.0299. The third-order valence-electron chi connectivity index (χ3n) is 6.64. The first-order valence-corrected chi connectivity index (χ1v) is 15.0. The van der Waals surface area contributed by atoms with Crippen LogP contribution in [0.3, 0.4) is 0 Å². The molecule has 5 amide bonds. The summed E-state index contributed by atoms with van der Waals surface area (Å²) in [5.74, 6) is -8.43. The molecule has 1 aromatic rings. The fourth-order valence-corrected chi connectivity index (χ4v) is 4.25. The van der Waals surface area contributed by atoms with Crippen molar-refractivity contribution < 1.29 is 56.9 Å². The summed E-state index contributed by atoms with van der Waals surface area (Å²) in [4.78, 5) is 92.7. The maximum Gasteiger partial charge on any atom is 0.490 e. The van der Waals surface area contributed by atoms with Crippen molar-refractivity contribution in [3.63, 3.8) is 0 Å². The fourth-order valence-electron chi connectivity index (χ4n) is 4.25. The van der Waals surface area contributed by atoms with Gasteiger partial charge in [-0.2, -0.15) is 13.2 Å². The lowest BCUT2D eigenvalue weighted by Gasteiger charge is -2.26. The number of halogens is 3. The number of aliphatic carboxylic acids is 2. The first-order chi connectivity index (χ1) is 23.9.